The van der Waals surface area contributed by atoms with Gasteiger partial charge in [-0.3, -0.25) is 0 Å². The van der Waals surface area contributed by atoms with Gasteiger partial charge in [0, 0.05) is 10.8 Å². The standard InChI is InChI=1S/C50H30O/c1-3-7-31(8-4-1)33-11-12-35-24-36(14-13-34(35)23-33)43-25-39-15-17-41-27-44(28-42-18-16-40(26-43)49(39)50(41)42)38-20-22-48-46(30-38)45-29-37(19-21-47(45)51-48)32-9-5-2-6-10-32/h1-30H. The van der Waals surface area contributed by atoms with Gasteiger partial charge in [-0.1, -0.05) is 121 Å². The second kappa shape index (κ2) is 10.9. The maximum absolute atomic E-state index is 6.28. The Hall–Kier alpha value is -6.70. The molecule has 0 aliphatic rings. The molecule has 0 saturated carbocycles. The third kappa shape index (κ3) is 4.56. The molecule has 1 aromatic heterocycles. The molecule has 0 N–H and O–H groups in total. The average Bonchev–Trinajstić information content (AvgIpc) is 3.57. The van der Waals surface area contributed by atoms with Crippen LogP contribution in [-0.4, -0.2) is 0 Å². The first-order valence-corrected chi connectivity index (χ1v) is 17.6. The van der Waals surface area contributed by atoms with E-state index in [9.17, 15) is 0 Å². The van der Waals surface area contributed by atoms with Crippen molar-refractivity contribution in [1.29, 1.82) is 0 Å². The highest BCUT2D eigenvalue weighted by Crippen LogP contribution is 2.41. The van der Waals surface area contributed by atoms with E-state index in [0.29, 0.717) is 0 Å². The van der Waals surface area contributed by atoms with Gasteiger partial charge in [0.2, 0.25) is 0 Å². The van der Waals surface area contributed by atoms with Gasteiger partial charge in [-0.15, -0.1) is 0 Å². The van der Waals surface area contributed by atoms with Crippen LogP contribution in [0.3, 0.4) is 0 Å². The molecule has 0 atom stereocenters. The van der Waals surface area contributed by atoms with E-state index in [-0.39, 0.29) is 0 Å². The van der Waals surface area contributed by atoms with Gasteiger partial charge in [0.25, 0.3) is 0 Å². The summed E-state index contributed by atoms with van der Waals surface area (Å²) in [6.07, 6.45) is 0. The van der Waals surface area contributed by atoms with Crippen molar-refractivity contribution in [1.82, 2.24) is 0 Å². The third-order valence-electron chi connectivity index (χ3n) is 10.7. The second-order valence-corrected chi connectivity index (χ2v) is 13.8. The minimum Gasteiger partial charge on any atom is -0.456 e. The summed E-state index contributed by atoms with van der Waals surface area (Å²) < 4.78 is 6.28. The molecule has 0 radical (unpaired) electrons. The summed E-state index contributed by atoms with van der Waals surface area (Å²) in [7, 11) is 0. The van der Waals surface area contributed by atoms with Gasteiger partial charge < -0.3 is 4.42 Å². The predicted molar refractivity (Wildman–Crippen MR) is 217 cm³/mol. The minimum absolute atomic E-state index is 0.913. The van der Waals surface area contributed by atoms with Crippen LogP contribution in [0.1, 0.15) is 0 Å². The molecule has 1 heterocycles. The van der Waals surface area contributed by atoms with E-state index in [0.717, 1.165) is 21.9 Å². The molecule has 0 amide bonds. The summed E-state index contributed by atoms with van der Waals surface area (Å²) in [5, 5.41) is 12.5. The molecular formula is C50H30O. The Labute approximate surface area is 295 Å². The molecule has 1 nitrogen and oxygen atoms in total. The molecule has 0 saturated heterocycles. The molecule has 51 heavy (non-hydrogen) atoms. The first-order valence-electron chi connectivity index (χ1n) is 17.6. The fourth-order valence-corrected chi connectivity index (χ4v) is 8.17. The fourth-order valence-electron chi connectivity index (χ4n) is 8.17. The molecule has 11 rings (SSSR count). The lowest BCUT2D eigenvalue weighted by molar-refractivity contribution is 0.669. The highest BCUT2D eigenvalue weighted by atomic mass is 16.3. The van der Waals surface area contributed by atoms with Gasteiger partial charge in [-0.2, -0.15) is 0 Å². The Morgan fingerprint density at radius 3 is 1.02 bits per heavy atom. The van der Waals surface area contributed by atoms with E-state index in [2.05, 4.69) is 182 Å². The maximum atomic E-state index is 6.28. The summed E-state index contributed by atoms with van der Waals surface area (Å²) in [6, 6.07) is 66.4. The van der Waals surface area contributed by atoms with Crippen molar-refractivity contribution in [3.8, 4) is 44.5 Å². The number of hydrogen-bond acceptors (Lipinski definition) is 1. The van der Waals surface area contributed by atoms with Crippen molar-refractivity contribution in [2.24, 2.45) is 0 Å². The highest BCUT2D eigenvalue weighted by molar-refractivity contribution is 6.24. The van der Waals surface area contributed by atoms with Crippen molar-refractivity contribution < 1.29 is 4.42 Å². The lowest BCUT2D eigenvalue weighted by Gasteiger charge is -2.15. The Bertz CT molecular complexity index is 3050. The molecule has 11 aromatic rings. The van der Waals surface area contributed by atoms with Gasteiger partial charge in [0.15, 0.2) is 0 Å². The van der Waals surface area contributed by atoms with Gasteiger partial charge in [-0.05, 0) is 148 Å². The highest BCUT2D eigenvalue weighted by Gasteiger charge is 2.15. The monoisotopic (exact) mass is 646 g/mol. The zero-order chi connectivity index (χ0) is 33.5. The van der Waals surface area contributed by atoms with E-state index in [1.54, 1.807) is 0 Å². The van der Waals surface area contributed by atoms with Crippen LogP contribution in [-0.2, 0) is 0 Å². The summed E-state index contributed by atoms with van der Waals surface area (Å²) in [4.78, 5) is 0. The Morgan fingerprint density at radius 2 is 0.569 bits per heavy atom. The van der Waals surface area contributed by atoms with E-state index < -0.39 is 0 Å². The molecule has 0 unspecified atom stereocenters. The smallest absolute Gasteiger partial charge is 0.135 e. The Kier molecular flexibility index (Phi) is 6.02. The molecule has 0 aliphatic heterocycles. The third-order valence-corrected chi connectivity index (χ3v) is 10.7. The van der Waals surface area contributed by atoms with Crippen LogP contribution in [0.5, 0.6) is 0 Å². The number of hydrogen-bond donors (Lipinski definition) is 0. The maximum Gasteiger partial charge on any atom is 0.135 e. The SMILES string of the molecule is c1ccc(-c2ccc3cc(-c4cc5ccc6cc(-c7ccc8oc9ccc(-c%10ccccc%10)cc9c8c7)cc7ccc(c4)c5c67)ccc3c2)cc1. The molecule has 10 aromatic carbocycles. The topological polar surface area (TPSA) is 13.1 Å². The van der Waals surface area contributed by atoms with Crippen LogP contribution < -0.4 is 0 Å². The fraction of sp³-hybridized carbons (Fsp3) is 0. The van der Waals surface area contributed by atoms with Crippen LogP contribution in [0.25, 0.3) is 110 Å². The summed E-state index contributed by atoms with van der Waals surface area (Å²) in [5.41, 5.74) is 11.6. The van der Waals surface area contributed by atoms with Crippen LogP contribution in [0.4, 0.5) is 0 Å². The van der Waals surface area contributed by atoms with Crippen molar-refractivity contribution in [3.05, 3.63) is 182 Å². The summed E-state index contributed by atoms with van der Waals surface area (Å²) in [6.45, 7) is 0. The molecule has 236 valence electrons. The number of furan rings is 1. The second-order valence-electron chi connectivity index (χ2n) is 13.8. The Morgan fingerprint density at radius 1 is 0.235 bits per heavy atom. The van der Waals surface area contributed by atoms with E-state index in [1.165, 1.54) is 87.6 Å². The zero-order valence-electron chi connectivity index (χ0n) is 27.7. The van der Waals surface area contributed by atoms with E-state index in [1.807, 2.05) is 0 Å². The van der Waals surface area contributed by atoms with Crippen molar-refractivity contribution in [2.45, 2.75) is 0 Å². The van der Waals surface area contributed by atoms with E-state index in [4.69, 9.17) is 4.42 Å². The Balaban J connectivity index is 0.990. The molecular weight excluding hydrogens is 617 g/mol. The normalized spacial score (nSPS) is 11.9. The largest absolute Gasteiger partial charge is 0.456 e. The van der Waals surface area contributed by atoms with Crippen molar-refractivity contribution in [2.75, 3.05) is 0 Å². The number of benzene rings is 10. The minimum atomic E-state index is 0.913. The van der Waals surface area contributed by atoms with Crippen LogP contribution >= 0.6 is 0 Å². The number of fused-ring (bicyclic) bond motifs is 4. The van der Waals surface area contributed by atoms with Gasteiger partial charge in [0.1, 0.15) is 11.2 Å². The van der Waals surface area contributed by atoms with Gasteiger partial charge in [-0.25, -0.2) is 0 Å². The van der Waals surface area contributed by atoms with Crippen LogP contribution in [0, 0.1) is 0 Å². The first-order chi connectivity index (χ1) is 25.2. The molecule has 1 heteroatoms. The molecule has 0 aliphatic carbocycles. The van der Waals surface area contributed by atoms with E-state index >= 15 is 0 Å². The quantitative estimate of drug-likeness (QED) is 0.173. The summed E-state index contributed by atoms with van der Waals surface area (Å²) in [5.74, 6) is 0. The van der Waals surface area contributed by atoms with Crippen LogP contribution in [0.2, 0.25) is 0 Å². The lowest BCUT2D eigenvalue weighted by Crippen LogP contribution is -1.88. The van der Waals surface area contributed by atoms with Crippen LogP contribution in [0.15, 0.2) is 186 Å². The van der Waals surface area contributed by atoms with Gasteiger partial charge in [0.05, 0.1) is 0 Å². The van der Waals surface area contributed by atoms with Crippen molar-refractivity contribution >= 4 is 65.0 Å². The van der Waals surface area contributed by atoms with Crippen molar-refractivity contribution in [3.63, 3.8) is 0 Å². The average molecular weight is 647 g/mol. The first kappa shape index (κ1) is 28.2. The summed E-state index contributed by atoms with van der Waals surface area (Å²) >= 11 is 0. The number of rotatable bonds is 4. The zero-order valence-corrected chi connectivity index (χ0v) is 27.7. The molecule has 0 fully saturated rings. The predicted octanol–water partition coefficient (Wildman–Crippen LogP) is 14.3. The van der Waals surface area contributed by atoms with Gasteiger partial charge >= 0.3 is 0 Å². The molecule has 0 spiro atoms. The lowest BCUT2D eigenvalue weighted by atomic mass is 9.89. The molecule has 0 bridgehead atoms.